The smallest absolute Gasteiger partial charge is 0.317 e. The molecule has 5 nitrogen and oxygen atoms in total. The van der Waals surface area contributed by atoms with E-state index >= 15 is 0 Å². The number of hydrogen-bond acceptors (Lipinski definition) is 3. The first-order chi connectivity index (χ1) is 10.9. The molecule has 0 spiro atoms. The standard InChI is InChI=1S/C17H26FN3O2/c1-17(2,21-8-10-23-11-9-21)13-19-16(22)20(3)12-14-4-6-15(18)7-5-14/h4-7H,8-13H2,1-3H3,(H,19,22). The van der Waals surface area contributed by atoms with Crippen molar-refractivity contribution >= 4 is 6.03 Å². The third-order valence-corrected chi connectivity index (χ3v) is 4.22. The summed E-state index contributed by atoms with van der Waals surface area (Å²) < 4.78 is 18.3. The largest absolute Gasteiger partial charge is 0.379 e. The van der Waals surface area contributed by atoms with Gasteiger partial charge in [-0.2, -0.15) is 0 Å². The maximum atomic E-state index is 12.9. The lowest BCUT2D eigenvalue weighted by Crippen LogP contribution is -2.56. The van der Waals surface area contributed by atoms with Crippen molar-refractivity contribution in [3.8, 4) is 0 Å². The van der Waals surface area contributed by atoms with Crippen molar-refractivity contribution in [3.05, 3.63) is 35.6 Å². The van der Waals surface area contributed by atoms with Gasteiger partial charge in [0.05, 0.1) is 13.2 Å². The molecule has 1 heterocycles. The van der Waals surface area contributed by atoms with Crippen molar-refractivity contribution in [3.63, 3.8) is 0 Å². The number of benzene rings is 1. The van der Waals surface area contributed by atoms with E-state index in [1.54, 1.807) is 24.1 Å². The molecule has 6 heteroatoms. The minimum atomic E-state index is -0.270. The molecule has 23 heavy (non-hydrogen) atoms. The SMILES string of the molecule is CN(Cc1ccc(F)cc1)C(=O)NCC(C)(C)N1CCOCC1. The summed E-state index contributed by atoms with van der Waals surface area (Å²) in [4.78, 5) is 16.2. The number of amides is 2. The highest BCUT2D eigenvalue weighted by atomic mass is 19.1. The predicted octanol–water partition coefficient (Wildman–Crippen LogP) is 2.08. The molecule has 0 unspecified atom stereocenters. The van der Waals surface area contributed by atoms with Crippen molar-refractivity contribution < 1.29 is 13.9 Å². The van der Waals surface area contributed by atoms with E-state index in [-0.39, 0.29) is 17.4 Å². The summed E-state index contributed by atoms with van der Waals surface area (Å²) in [7, 11) is 1.74. The van der Waals surface area contributed by atoms with Gasteiger partial charge in [0.25, 0.3) is 0 Å². The van der Waals surface area contributed by atoms with Gasteiger partial charge in [0.1, 0.15) is 5.82 Å². The summed E-state index contributed by atoms with van der Waals surface area (Å²) in [6.45, 7) is 8.51. The number of ether oxygens (including phenoxy) is 1. The van der Waals surface area contributed by atoms with E-state index in [0.29, 0.717) is 13.1 Å². The number of nitrogens with one attached hydrogen (secondary N) is 1. The van der Waals surface area contributed by atoms with Gasteiger partial charge in [0.2, 0.25) is 0 Å². The molecule has 0 radical (unpaired) electrons. The molecule has 0 atom stereocenters. The average Bonchev–Trinajstić information content (AvgIpc) is 2.55. The van der Waals surface area contributed by atoms with E-state index in [1.165, 1.54) is 12.1 Å². The van der Waals surface area contributed by atoms with Gasteiger partial charge in [-0.05, 0) is 31.5 Å². The van der Waals surface area contributed by atoms with Crippen molar-refractivity contribution in [1.29, 1.82) is 0 Å². The summed E-state index contributed by atoms with van der Waals surface area (Å²) in [5.41, 5.74) is 0.785. The predicted molar refractivity (Wildman–Crippen MR) is 87.7 cm³/mol. The van der Waals surface area contributed by atoms with E-state index in [1.807, 2.05) is 0 Å². The van der Waals surface area contributed by atoms with Crippen LogP contribution in [0.25, 0.3) is 0 Å². The number of morpholine rings is 1. The molecule has 1 fully saturated rings. The Kier molecular flexibility index (Phi) is 5.96. The molecule has 1 N–H and O–H groups in total. The van der Waals surface area contributed by atoms with Gasteiger partial charge in [-0.3, -0.25) is 4.90 Å². The van der Waals surface area contributed by atoms with Gasteiger partial charge in [0.15, 0.2) is 0 Å². The van der Waals surface area contributed by atoms with Crippen LogP contribution in [0.2, 0.25) is 0 Å². The second-order valence-electron chi connectivity index (χ2n) is 6.55. The molecule has 1 aromatic carbocycles. The summed E-state index contributed by atoms with van der Waals surface area (Å²) in [6.07, 6.45) is 0. The number of hydrogen-bond donors (Lipinski definition) is 1. The minimum Gasteiger partial charge on any atom is -0.379 e. The molecule has 2 rings (SSSR count). The van der Waals surface area contributed by atoms with E-state index in [9.17, 15) is 9.18 Å². The van der Waals surface area contributed by atoms with Gasteiger partial charge in [-0.1, -0.05) is 12.1 Å². The van der Waals surface area contributed by atoms with E-state index < -0.39 is 0 Å². The zero-order valence-corrected chi connectivity index (χ0v) is 14.1. The van der Waals surface area contributed by atoms with Crippen LogP contribution in [-0.4, -0.2) is 61.3 Å². The zero-order valence-electron chi connectivity index (χ0n) is 14.1. The van der Waals surface area contributed by atoms with Gasteiger partial charge in [-0.15, -0.1) is 0 Å². The van der Waals surface area contributed by atoms with Crippen LogP contribution in [0.15, 0.2) is 24.3 Å². The first-order valence-corrected chi connectivity index (χ1v) is 7.95. The molecular formula is C17H26FN3O2. The topological polar surface area (TPSA) is 44.8 Å². The molecule has 0 aliphatic carbocycles. The maximum Gasteiger partial charge on any atom is 0.317 e. The maximum absolute atomic E-state index is 12.9. The Balaban J connectivity index is 1.82. The van der Waals surface area contributed by atoms with Gasteiger partial charge in [-0.25, -0.2) is 9.18 Å². The first kappa shape index (κ1) is 17.7. The fourth-order valence-corrected chi connectivity index (χ4v) is 2.64. The van der Waals surface area contributed by atoms with Gasteiger partial charge < -0.3 is 15.0 Å². The quantitative estimate of drug-likeness (QED) is 0.902. The van der Waals surface area contributed by atoms with Crippen LogP contribution < -0.4 is 5.32 Å². The average molecular weight is 323 g/mol. The lowest BCUT2D eigenvalue weighted by atomic mass is 10.0. The molecule has 1 saturated heterocycles. The van der Waals surface area contributed by atoms with Crippen molar-refractivity contribution in [2.75, 3.05) is 39.9 Å². The molecule has 1 aliphatic rings. The van der Waals surface area contributed by atoms with Crippen LogP contribution in [0.3, 0.4) is 0 Å². The highest BCUT2D eigenvalue weighted by Gasteiger charge is 2.28. The van der Waals surface area contributed by atoms with Crippen LogP contribution in [0, 0.1) is 5.82 Å². The van der Waals surface area contributed by atoms with Crippen LogP contribution in [0.5, 0.6) is 0 Å². The Morgan fingerprint density at radius 1 is 1.30 bits per heavy atom. The van der Waals surface area contributed by atoms with Crippen LogP contribution in [0.1, 0.15) is 19.4 Å². The van der Waals surface area contributed by atoms with E-state index in [4.69, 9.17) is 4.74 Å². The summed E-state index contributed by atoms with van der Waals surface area (Å²) in [5.74, 6) is -0.270. The van der Waals surface area contributed by atoms with Crippen molar-refractivity contribution in [2.24, 2.45) is 0 Å². The summed E-state index contributed by atoms with van der Waals surface area (Å²) in [5, 5.41) is 2.98. The summed E-state index contributed by atoms with van der Waals surface area (Å²) >= 11 is 0. The normalized spacial score (nSPS) is 16.2. The molecule has 128 valence electrons. The van der Waals surface area contributed by atoms with E-state index in [0.717, 1.165) is 31.9 Å². The molecular weight excluding hydrogens is 297 g/mol. The number of rotatable bonds is 5. The highest BCUT2D eigenvalue weighted by molar-refractivity contribution is 5.73. The Morgan fingerprint density at radius 2 is 1.91 bits per heavy atom. The van der Waals surface area contributed by atoms with Crippen LogP contribution in [-0.2, 0) is 11.3 Å². The van der Waals surface area contributed by atoms with Gasteiger partial charge >= 0.3 is 6.03 Å². The molecule has 2 amide bonds. The lowest BCUT2D eigenvalue weighted by molar-refractivity contribution is -0.00900. The second kappa shape index (κ2) is 7.75. The highest BCUT2D eigenvalue weighted by Crippen LogP contribution is 2.15. The molecule has 1 aromatic rings. The second-order valence-corrected chi connectivity index (χ2v) is 6.55. The number of carbonyl (C=O) groups excluding carboxylic acids is 1. The number of urea groups is 1. The number of nitrogens with zero attached hydrogens (tertiary/aromatic N) is 2. The third kappa shape index (κ3) is 5.18. The van der Waals surface area contributed by atoms with Gasteiger partial charge in [0, 0.05) is 38.8 Å². The zero-order chi connectivity index (χ0) is 16.9. The number of carbonyl (C=O) groups is 1. The Hall–Kier alpha value is -1.66. The Morgan fingerprint density at radius 3 is 2.52 bits per heavy atom. The monoisotopic (exact) mass is 323 g/mol. The first-order valence-electron chi connectivity index (χ1n) is 7.95. The fourth-order valence-electron chi connectivity index (χ4n) is 2.64. The third-order valence-electron chi connectivity index (χ3n) is 4.22. The molecule has 0 saturated carbocycles. The van der Waals surface area contributed by atoms with Crippen molar-refractivity contribution in [2.45, 2.75) is 25.9 Å². The van der Waals surface area contributed by atoms with Crippen LogP contribution in [0.4, 0.5) is 9.18 Å². The minimum absolute atomic E-state index is 0.115. The Bertz CT molecular complexity index is 513. The van der Waals surface area contributed by atoms with Crippen molar-refractivity contribution in [1.82, 2.24) is 15.1 Å². The van der Waals surface area contributed by atoms with Crippen LogP contribution >= 0.6 is 0 Å². The molecule has 0 bridgehead atoms. The Labute approximate surface area is 137 Å². The molecule has 0 aromatic heterocycles. The van der Waals surface area contributed by atoms with E-state index in [2.05, 4.69) is 24.1 Å². The fraction of sp³-hybridized carbons (Fsp3) is 0.588. The molecule has 1 aliphatic heterocycles. The summed E-state index contributed by atoms with van der Waals surface area (Å²) in [6, 6.07) is 6.06. The lowest BCUT2D eigenvalue weighted by Gasteiger charge is -2.41. The number of halogens is 1.